The molecule has 0 aliphatic rings. The van der Waals surface area contributed by atoms with Crippen molar-refractivity contribution < 1.29 is 27.1 Å². The Bertz CT molecular complexity index is 317. The van der Waals surface area contributed by atoms with Gasteiger partial charge in [-0.15, -0.1) is 0 Å². The normalized spacial score (nSPS) is 16.3. The molecule has 8 heteroatoms. The smallest absolute Gasteiger partial charge is 0.350 e. The van der Waals surface area contributed by atoms with Crippen LogP contribution in [-0.4, -0.2) is 31.3 Å². The number of nitrogens with one attached hydrogen (secondary N) is 1. The van der Waals surface area contributed by atoms with Crippen molar-refractivity contribution in [3.8, 4) is 0 Å². The second-order valence-corrected chi connectivity index (χ2v) is 4.81. The summed E-state index contributed by atoms with van der Waals surface area (Å²) in [4.78, 5) is 10.6. The first-order valence-corrected chi connectivity index (χ1v) is 5.79. The van der Waals surface area contributed by atoms with Crippen LogP contribution in [0, 0.1) is 5.92 Å². The Morgan fingerprint density at radius 2 is 1.93 bits per heavy atom. The van der Waals surface area contributed by atoms with Crippen LogP contribution in [0.2, 0.25) is 0 Å². The number of rotatable bonds is 6. The summed E-state index contributed by atoms with van der Waals surface area (Å²) in [5, 5.41) is 8.65. The first-order chi connectivity index (χ1) is 6.72. The maximum absolute atomic E-state index is 12.0. The number of carboxylic acid groups (broad SMARTS) is 1. The van der Waals surface area contributed by atoms with Gasteiger partial charge in [0, 0.05) is 0 Å². The summed E-state index contributed by atoms with van der Waals surface area (Å²) in [6.45, 7) is 3.10. The molecule has 0 aromatic carbocycles. The number of sulfonamides is 1. The van der Waals surface area contributed by atoms with E-state index in [1.165, 1.54) is 11.6 Å². The van der Waals surface area contributed by atoms with Gasteiger partial charge in [0.05, 0.1) is 0 Å². The Morgan fingerprint density at radius 3 is 2.20 bits per heavy atom. The number of carbonyl (C=O) groups is 1. The Labute approximate surface area is 86.5 Å². The van der Waals surface area contributed by atoms with Crippen molar-refractivity contribution in [2.75, 3.05) is 0 Å². The molecule has 0 radical (unpaired) electrons. The summed E-state index contributed by atoms with van der Waals surface area (Å²) in [6.07, 6.45) is 0.364. The van der Waals surface area contributed by atoms with Gasteiger partial charge in [-0.25, -0.2) is 8.42 Å². The third kappa shape index (κ3) is 4.08. The van der Waals surface area contributed by atoms with E-state index in [9.17, 15) is 22.0 Å². The monoisotopic (exact) mass is 245 g/mol. The van der Waals surface area contributed by atoms with Crippen molar-refractivity contribution in [1.29, 1.82) is 0 Å². The first kappa shape index (κ1) is 14.2. The first-order valence-electron chi connectivity index (χ1n) is 4.24. The maximum Gasteiger partial charge on any atom is 0.350 e. The molecule has 2 N–H and O–H groups in total. The van der Waals surface area contributed by atoms with Crippen LogP contribution in [0.15, 0.2) is 0 Å². The highest BCUT2D eigenvalue weighted by molar-refractivity contribution is 7.89. The van der Waals surface area contributed by atoms with E-state index < -0.39 is 33.7 Å². The van der Waals surface area contributed by atoms with E-state index in [-0.39, 0.29) is 0 Å². The zero-order valence-corrected chi connectivity index (χ0v) is 9.09. The van der Waals surface area contributed by atoms with Gasteiger partial charge in [0.25, 0.3) is 10.0 Å². The van der Waals surface area contributed by atoms with Crippen molar-refractivity contribution in [3.63, 3.8) is 0 Å². The van der Waals surface area contributed by atoms with Gasteiger partial charge in [-0.3, -0.25) is 4.79 Å². The molecule has 0 bridgehead atoms. The minimum atomic E-state index is -4.86. The van der Waals surface area contributed by atoms with E-state index in [4.69, 9.17) is 5.11 Å². The van der Waals surface area contributed by atoms with E-state index in [0.717, 1.165) is 0 Å². The SMILES string of the molecule is CC[C@H](C)[C@H](NS(=O)(=O)C(F)F)C(=O)O. The highest BCUT2D eigenvalue weighted by Crippen LogP contribution is 2.11. The zero-order chi connectivity index (χ0) is 12.2. The predicted octanol–water partition coefficient (Wildman–Crippen LogP) is 0.628. The van der Waals surface area contributed by atoms with Crippen LogP contribution in [0.4, 0.5) is 8.78 Å². The van der Waals surface area contributed by atoms with Gasteiger partial charge in [-0.05, 0) is 5.92 Å². The molecule has 15 heavy (non-hydrogen) atoms. The third-order valence-corrected chi connectivity index (χ3v) is 3.06. The summed E-state index contributed by atoms with van der Waals surface area (Å²) in [6, 6.07) is -1.52. The van der Waals surface area contributed by atoms with E-state index in [1.807, 2.05) is 0 Å². The average molecular weight is 245 g/mol. The lowest BCUT2D eigenvalue weighted by atomic mass is 10.0. The molecule has 0 aliphatic carbocycles. The van der Waals surface area contributed by atoms with Gasteiger partial charge in [0.2, 0.25) is 0 Å². The number of hydrogen-bond acceptors (Lipinski definition) is 3. The summed E-state index contributed by atoms with van der Waals surface area (Å²) in [7, 11) is -4.86. The second-order valence-electron chi connectivity index (χ2n) is 3.12. The highest BCUT2D eigenvalue weighted by Gasteiger charge is 2.33. The molecule has 90 valence electrons. The topological polar surface area (TPSA) is 83.5 Å². The van der Waals surface area contributed by atoms with Crippen molar-refractivity contribution >= 4 is 16.0 Å². The molecule has 5 nitrogen and oxygen atoms in total. The number of alkyl halides is 2. The summed E-state index contributed by atoms with van der Waals surface area (Å²) in [5.41, 5.74) is 0. The molecule has 0 fully saturated rings. The third-order valence-electron chi connectivity index (χ3n) is 2.00. The van der Waals surface area contributed by atoms with Crippen LogP contribution >= 0.6 is 0 Å². The summed E-state index contributed by atoms with van der Waals surface area (Å²) < 4.78 is 46.9. The van der Waals surface area contributed by atoms with Crippen LogP contribution in [0.1, 0.15) is 20.3 Å². The fourth-order valence-corrected chi connectivity index (χ4v) is 1.66. The Kier molecular flexibility index (Phi) is 5.09. The second kappa shape index (κ2) is 5.36. The molecular weight excluding hydrogens is 232 g/mol. The molecule has 2 atom stereocenters. The average Bonchev–Trinajstić information content (AvgIpc) is 2.12. The Balaban J connectivity index is 4.78. The molecule has 0 rings (SSSR count). The van der Waals surface area contributed by atoms with E-state index in [1.54, 1.807) is 6.92 Å². The Morgan fingerprint density at radius 1 is 1.47 bits per heavy atom. The lowest BCUT2D eigenvalue weighted by Crippen LogP contribution is -2.46. The molecule has 0 amide bonds. The Hall–Kier alpha value is -0.760. The molecule has 0 saturated heterocycles. The van der Waals surface area contributed by atoms with Gasteiger partial charge in [-0.1, -0.05) is 20.3 Å². The number of carboxylic acids is 1. The molecule has 0 aromatic heterocycles. The van der Waals surface area contributed by atoms with Gasteiger partial charge in [0.15, 0.2) is 0 Å². The molecule has 0 aromatic rings. The lowest BCUT2D eigenvalue weighted by molar-refractivity contribution is -0.140. The van der Waals surface area contributed by atoms with Crippen LogP contribution < -0.4 is 4.72 Å². The van der Waals surface area contributed by atoms with Gasteiger partial charge in [-0.2, -0.15) is 13.5 Å². The minimum absolute atomic E-state index is 0.364. The van der Waals surface area contributed by atoms with E-state index in [0.29, 0.717) is 6.42 Å². The van der Waals surface area contributed by atoms with E-state index in [2.05, 4.69) is 0 Å². The molecule has 0 unspecified atom stereocenters. The van der Waals surface area contributed by atoms with Gasteiger partial charge >= 0.3 is 11.7 Å². The standard InChI is InChI=1S/C7H13F2NO4S/c1-3-4(2)5(6(11)12)10-15(13,14)7(8)9/h4-5,7,10H,3H2,1-2H3,(H,11,12)/t4-,5-/m0/s1. The molecule has 0 saturated carbocycles. The highest BCUT2D eigenvalue weighted by atomic mass is 32.2. The zero-order valence-electron chi connectivity index (χ0n) is 8.28. The van der Waals surface area contributed by atoms with Crippen molar-refractivity contribution in [1.82, 2.24) is 4.72 Å². The largest absolute Gasteiger partial charge is 0.480 e. The number of aliphatic carboxylic acids is 1. The molecule has 0 aliphatic heterocycles. The number of hydrogen-bond donors (Lipinski definition) is 2. The van der Waals surface area contributed by atoms with Crippen LogP contribution in [0.3, 0.4) is 0 Å². The van der Waals surface area contributed by atoms with Gasteiger partial charge < -0.3 is 5.11 Å². The van der Waals surface area contributed by atoms with Crippen molar-refractivity contribution in [2.45, 2.75) is 32.1 Å². The fraction of sp³-hybridized carbons (Fsp3) is 0.857. The van der Waals surface area contributed by atoms with E-state index >= 15 is 0 Å². The number of halogens is 2. The van der Waals surface area contributed by atoms with Gasteiger partial charge in [0.1, 0.15) is 6.04 Å². The summed E-state index contributed by atoms with van der Waals surface area (Å²) >= 11 is 0. The van der Waals surface area contributed by atoms with Crippen molar-refractivity contribution in [2.24, 2.45) is 5.92 Å². The summed E-state index contributed by atoms with van der Waals surface area (Å²) in [5.74, 6) is -5.65. The lowest BCUT2D eigenvalue weighted by Gasteiger charge is -2.19. The van der Waals surface area contributed by atoms with Crippen LogP contribution in [0.5, 0.6) is 0 Å². The quantitative estimate of drug-likeness (QED) is 0.718. The maximum atomic E-state index is 12.0. The molecular formula is C7H13F2NO4S. The van der Waals surface area contributed by atoms with Crippen LogP contribution in [0.25, 0.3) is 0 Å². The molecule has 0 heterocycles. The molecule has 0 spiro atoms. The fourth-order valence-electron chi connectivity index (χ4n) is 0.874. The van der Waals surface area contributed by atoms with Crippen LogP contribution in [-0.2, 0) is 14.8 Å². The predicted molar refractivity (Wildman–Crippen MR) is 48.9 cm³/mol. The minimum Gasteiger partial charge on any atom is -0.480 e. The van der Waals surface area contributed by atoms with Crippen molar-refractivity contribution in [3.05, 3.63) is 0 Å².